The van der Waals surface area contributed by atoms with Gasteiger partial charge >= 0.3 is 0 Å². The molecule has 1 unspecified atom stereocenters. The molecule has 60 valence electrons. The fourth-order valence-electron chi connectivity index (χ4n) is 0.842. The molecule has 0 saturated heterocycles. The van der Waals surface area contributed by atoms with Crippen LogP contribution in [0.1, 0.15) is 27.7 Å². The van der Waals surface area contributed by atoms with Crippen LogP contribution in [-0.2, 0) is 9.68 Å². The molecule has 0 fully saturated rings. The standard InChI is InChI=1S/C7H14O3/c1-5(8)6(10-9)7(2,3)4/h6,9H,1-4H3. The summed E-state index contributed by atoms with van der Waals surface area (Å²) in [5.74, 6) is -0.157. The van der Waals surface area contributed by atoms with Crippen LogP contribution in [-0.4, -0.2) is 17.1 Å². The van der Waals surface area contributed by atoms with Crippen molar-refractivity contribution in [3.05, 3.63) is 0 Å². The molecule has 3 heteroatoms. The highest BCUT2D eigenvalue weighted by Gasteiger charge is 2.29. The maximum atomic E-state index is 10.7. The van der Waals surface area contributed by atoms with Crippen LogP contribution in [0.15, 0.2) is 0 Å². The first-order chi connectivity index (χ1) is 4.39. The molecule has 0 aliphatic heterocycles. The Balaban J connectivity index is 4.22. The summed E-state index contributed by atoms with van der Waals surface area (Å²) >= 11 is 0. The average Bonchev–Trinajstić information content (AvgIpc) is 1.60. The number of ketones is 1. The van der Waals surface area contributed by atoms with Crippen LogP contribution in [0, 0.1) is 5.41 Å². The summed E-state index contributed by atoms with van der Waals surface area (Å²) in [6.07, 6.45) is -0.715. The molecule has 0 spiro atoms. The van der Waals surface area contributed by atoms with E-state index in [1.54, 1.807) is 0 Å². The van der Waals surface area contributed by atoms with Gasteiger partial charge < -0.3 is 0 Å². The van der Waals surface area contributed by atoms with Crippen LogP contribution in [0.4, 0.5) is 0 Å². The number of hydrogen-bond donors (Lipinski definition) is 1. The van der Waals surface area contributed by atoms with Gasteiger partial charge in [0.1, 0.15) is 0 Å². The molecule has 0 aromatic rings. The van der Waals surface area contributed by atoms with Crippen LogP contribution in [0.2, 0.25) is 0 Å². The molecule has 0 radical (unpaired) electrons. The average molecular weight is 146 g/mol. The van der Waals surface area contributed by atoms with Gasteiger partial charge in [0.25, 0.3) is 0 Å². The second kappa shape index (κ2) is 3.12. The number of carbonyl (C=O) groups excluding carboxylic acids is 1. The van der Waals surface area contributed by atoms with Gasteiger partial charge in [-0.05, 0) is 12.3 Å². The van der Waals surface area contributed by atoms with E-state index in [9.17, 15) is 4.79 Å². The van der Waals surface area contributed by atoms with Crippen molar-refractivity contribution >= 4 is 5.78 Å². The fourth-order valence-corrected chi connectivity index (χ4v) is 0.842. The minimum absolute atomic E-state index is 0.157. The summed E-state index contributed by atoms with van der Waals surface area (Å²) in [4.78, 5) is 14.8. The van der Waals surface area contributed by atoms with E-state index in [-0.39, 0.29) is 11.2 Å². The van der Waals surface area contributed by atoms with Crippen LogP contribution in [0.5, 0.6) is 0 Å². The molecule has 10 heavy (non-hydrogen) atoms. The van der Waals surface area contributed by atoms with Gasteiger partial charge in [-0.1, -0.05) is 20.8 Å². The van der Waals surface area contributed by atoms with Gasteiger partial charge in [0.15, 0.2) is 11.9 Å². The molecule has 0 aromatic heterocycles. The number of Topliss-reactive ketones (excluding diaryl/α,β-unsaturated/α-hetero) is 1. The Kier molecular flexibility index (Phi) is 2.99. The maximum absolute atomic E-state index is 10.7. The van der Waals surface area contributed by atoms with E-state index >= 15 is 0 Å². The van der Waals surface area contributed by atoms with Crippen molar-refractivity contribution in [3.8, 4) is 0 Å². The fraction of sp³-hybridized carbons (Fsp3) is 0.857. The monoisotopic (exact) mass is 146 g/mol. The zero-order valence-electron chi connectivity index (χ0n) is 6.84. The van der Waals surface area contributed by atoms with Crippen molar-refractivity contribution in [1.29, 1.82) is 0 Å². The summed E-state index contributed by atoms with van der Waals surface area (Å²) < 4.78 is 0. The molecule has 3 nitrogen and oxygen atoms in total. The highest BCUT2D eigenvalue weighted by atomic mass is 17.1. The van der Waals surface area contributed by atoms with E-state index in [0.717, 1.165) is 0 Å². The van der Waals surface area contributed by atoms with Crippen molar-refractivity contribution in [2.45, 2.75) is 33.8 Å². The first-order valence-electron chi connectivity index (χ1n) is 3.20. The lowest BCUT2D eigenvalue weighted by molar-refractivity contribution is -0.289. The minimum Gasteiger partial charge on any atom is -0.297 e. The third kappa shape index (κ3) is 2.45. The predicted molar refractivity (Wildman–Crippen MR) is 37.6 cm³/mol. The minimum atomic E-state index is -0.715. The van der Waals surface area contributed by atoms with Crippen molar-refractivity contribution in [2.75, 3.05) is 0 Å². The summed E-state index contributed by atoms with van der Waals surface area (Å²) in [6, 6.07) is 0. The van der Waals surface area contributed by atoms with E-state index in [4.69, 9.17) is 5.26 Å². The largest absolute Gasteiger partial charge is 0.297 e. The molecule has 0 amide bonds. The van der Waals surface area contributed by atoms with Gasteiger partial charge in [0, 0.05) is 0 Å². The van der Waals surface area contributed by atoms with Crippen LogP contribution in [0.3, 0.4) is 0 Å². The molecule has 0 heterocycles. The van der Waals surface area contributed by atoms with E-state index in [1.165, 1.54) is 6.92 Å². The Morgan fingerprint density at radius 3 is 1.90 bits per heavy atom. The number of carbonyl (C=O) groups is 1. The third-order valence-electron chi connectivity index (χ3n) is 1.26. The molecule has 1 N–H and O–H groups in total. The SMILES string of the molecule is CC(=O)C(OO)C(C)(C)C. The van der Waals surface area contributed by atoms with Crippen molar-refractivity contribution < 1.29 is 14.9 Å². The predicted octanol–water partition coefficient (Wildman–Crippen LogP) is 1.48. The number of rotatable bonds is 2. The molecule has 0 aromatic carbocycles. The lowest BCUT2D eigenvalue weighted by Crippen LogP contribution is -2.34. The lowest BCUT2D eigenvalue weighted by atomic mass is 9.87. The Hall–Kier alpha value is -0.410. The molecular weight excluding hydrogens is 132 g/mol. The maximum Gasteiger partial charge on any atom is 0.162 e. The Morgan fingerprint density at radius 2 is 1.90 bits per heavy atom. The second-order valence-electron chi connectivity index (χ2n) is 3.46. The highest BCUT2D eigenvalue weighted by molar-refractivity contribution is 5.81. The van der Waals surface area contributed by atoms with Gasteiger partial charge in [0.2, 0.25) is 0 Å². The van der Waals surface area contributed by atoms with E-state index in [2.05, 4.69) is 4.89 Å². The van der Waals surface area contributed by atoms with Gasteiger partial charge in [-0.2, -0.15) is 0 Å². The smallest absolute Gasteiger partial charge is 0.162 e. The summed E-state index contributed by atoms with van der Waals surface area (Å²) in [5.41, 5.74) is -0.333. The Bertz CT molecular complexity index is 123. The van der Waals surface area contributed by atoms with Crippen molar-refractivity contribution in [1.82, 2.24) is 0 Å². The van der Waals surface area contributed by atoms with Gasteiger partial charge in [-0.25, -0.2) is 4.89 Å². The quantitative estimate of drug-likeness (QED) is 0.474. The first-order valence-corrected chi connectivity index (χ1v) is 3.20. The van der Waals surface area contributed by atoms with E-state index in [0.29, 0.717) is 0 Å². The van der Waals surface area contributed by atoms with Gasteiger partial charge in [-0.3, -0.25) is 10.1 Å². The Labute approximate surface area is 60.9 Å². The number of hydrogen-bond acceptors (Lipinski definition) is 3. The van der Waals surface area contributed by atoms with Crippen LogP contribution < -0.4 is 0 Å². The summed E-state index contributed by atoms with van der Waals surface area (Å²) in [6.45, 7) is 6.88. The van der Waals surface area contributed by atoms with Crippen molar-refractivity contribution in [2.24, 2.45) is 5.41 Å². The summed E-state index contributed by atoms with van der Waals surface area (Å²) in [7, 11) is 0. The summed E-state index contributed by atoms with van der Waals surface area (Å²) in [5, 5.41) is 8.31. The van der Waals surface area contributed by atoms with E-state index < -0.39 is 6.10 Å². The van der Waals surface area contributed by atoms with Crippen LogP contribution in [0.25, 0.3) is 0 Å². The molecule has 0 saturated carbocycles. The topological polar surface area (TPSA) is 46.5 Å². The zero-order valence-corrected chi connectivity index (χ0v) is 6.84. The first kappa shape index (κ1) is 9.59. The molecule has 0 rings (SSSR count). The molecular formula is C7H14O3. The normalized spacial score (nSPS) is 14.9. The third-order valence-corrected chi connectivity index (χ3v) is 1.26. The Morgan fingerprint density at radius 1 is 1.50 bits per heavy atom. The zero-order chi connectivity index (χ0) is 8.36. The molecule has 0 bridgehead atoms. The second-order valence-corrected chi connectivity index (χ2v) is 3.46. The van der Waals surface area contributed by atoms with Crippen molar-refractivity contribution in [3.63, 3.8) is 0 Å². The molecule has 1 atom stereocenters. The van der Waals surface area contributed by atoms with Gasteiger partial charge in [0.05, 0.1) is 0 Å². The lowest BCUT2D eigenvalue weighted by Gasteiger charge is -2.24. The molecule has 0 aliphatic carbocycles. The highest BCUT2D eigenvalue weighted by Crippen LogP contribution is 2.21. The van der Waals surface area contributed by atoms with E-state index in [1.807, 2.05) is 20.8 Å². The molecule has 0 aliphatic rings. The van der Waals surface area contributed by atoms with Crippen LogP contribution >= 0.6 is 0 Å². The van der Waals surface area contributed by atoms with Gasteiger partial charge in [-0.15, -0.1) is 0 Å².